The molecule has 0 bridgehead atoms. The Morgan fingerprint density at radius 2 is 1.51 bits per heavy atom. The van der Waals surface area contributed by atoms with Crippen LogP contribution in [0.25, 0.3) is 74.0 Å². The third-order valence-electron chi connectivity index (χ3n) is 7.85. The summed E-state index contributed by atoms with van der Waals surface area (Å²) in [6, 6.07) is 26.4. The molecule has 0 atom stereocenters. The van der Waals surface area contributed by atoms with Gasteiger partial charge in [-0.25, -0.2) is 0 Å². The molecule has 0 fully saturated rings. The van der Waals surface area contributed by atoms with E-state index in [1.807, 2.05) is 18.2 Å². The number of rotatable bonds is 4. The molecule has 0 aromatic heterocycles. The Hall–Kier alpha value is -3.20. The summed E-state index contributed by atoms with van der Waals surface area (Å²) < 4.78 is 0. The molecule has 0 aliphatic heterocycles. The van der Waals surface area contributed by atoms with Gasteiger partial charge in [0.15, 0.2) is 0 Å². The van der Waals surface area contributed by atoms with E-state index >= 15 is 0 Å². The summed E-state index contributed by atoms with van der Waals surface area (Å²) in [6.07, 6.45) is 8.24. The average molecular weight is 529 g/mol. The summed E-state index contributed by atoms with van der Waals surface area (Å²) in [5.74, 6) is 0. The van der Waals surface area contributed by atoms with Gasteiger partial charge in [0.1, 0.15) is 0 Å². The number of benzene rings is 5. The van der Waals surface area contributed by atoms with Crippen LogP contribution in [0, 0.1) is 13.8 Å². The van der Waals surface area contributed by atoms with Crippen LogP contribution < -0.4 is 40.0 Å². The summed E-state index contributed by atoms with van der Waals surface area (Å²) in [4.78, 5) is 0.833. The summed E-state index contributed by atoms with van der Waals surface area (Å²) in [5.41, 5.74) is 13.6. The zero-order valence-electron chi connectivity index (χ0n) is 23.1. The van der Waals surface area contributed by atoms with Crippen molar-refractivity contribution in [3.63, 3.8) is 0 Å². The molecule has 6 rings (SSSR count). The fourth-order valence-corrected chi connectivity index (χ4v) is 6.26. The van der Waals surface area contributed by atoms with Crippen LogP contribution in [-0.2, 0) is 12.6 Å². The quantitative estimate of drug-likeness (QED) is 0.207. The van der Waals surface area contributed by atoms with Gasteiger partial charge < -0.3 is 12.6 Å². The van der Waals surface area contributed by atoms with Gasteiger partial charge >= 0.3 is 29.6 Å². The number of allylic oxidation sites excluding steroid dienone is 2. The van der Waals surface area contributed by atoms with Crippen molar-refractivity contribution in [2.45, 2.75) is 25.7 Å². The number of fused-ring (bicyclic) bond motifs is 3. The van der Waals surface area contributed by atoms with Crippen LogP contribution in [0.5, 0.6) is 0 Å². The minimum absolute atomic E-state index is 0. The predicted octanol–water partition coefficient (Wildman–Crippen LogP) is 5.76. The fourth-order valence-electron chi connectivity index (χ4n) is 6.05. The number of hydrogen-bond donors (Lipinski definition) is 0. The van der Waals surface area contributed by atoms with Crippen molar-refractivity contribution in [2.75, 3.05) is 0 Å². The maximum atomic E-state index is 5.59. The van der Waals surface area contributed by atoms with Gasteiger partial charge in [-0.15, -0.1) is 0 Å². The van der Waals surface area contributed by atoms with E-state index in [-0.39, 0.29) is 29.6 Å². The molecule has 0 heterocycles. The number of aryl methyl sites for hydroxylation is 1. The van der Waals surface area contributed by atoms with Crippen LogP contribution in [0.1, 0.15) is 23.6 Å². The Morgan fingerprint density at radius 1 is 0.769 bits per heavy atom. The molecule has 39 heavy (non-hydrogen) atoms. The zero-order chi connectivity index (χ0) is 26.6. The molecule has 5 aromatic rings. The van der Waals surface area contributed by atoms with Crippen molar-refractivity contribution in [1.29, 1.82) is 0 Å². The largest absolute Gasteiger partial charge is 1.00 e. The van der Waals surface area contributed by atoms with Crippen LogP contribution in [-0.4, -0.2) is 0 Å². The van der Waals surface area contributed by atoms with E-state index in [4.69, 9.17) is 12.6 Å². The van der Waals surface area contributed by atoms with E-state index in [9.17, 15) is 0 Å². The predicted molar refractivity (Wildman–Crippen MR) is 168 cm³/mol. The van der Waals surface area contributed by atoms with Crippen LogP contribution in [0.15, 0.2) is 96.4 Å². The Bertz CT molecular complexity index is 1940. The Morgan fingerprint density at radius 3 is 2.26 bits per heavy atom. The summed E-state index contributed by atoms with van der Waals surface area (Å²) in [5, 5.41) is 4.72. The van der Waals surface area contributed by atoms with Crippen molar-refractivity contribution in [3.8, 4) is 44.5 Å². The minimum atomic E-state index is 0. The van der Waals surface area contributed by atoms with Crippen LogP contribution in [0.2, 0.25) is 0 Å². The summed E-state index contributed by atoms with van der Waals surface area (Å²) in [7, 11) is 0. The van der Waals surface area contributed by atoms with Crippen LogP contribution >= 0.6 is 0 Å². The fraction of sp³-hybridized carbons (Fsp3) is 0.0811. The zero-order valence-corrected chi connectivity index (χ0v) is 25.9. The van der Waals surface area contributed by atoms with Gasteiger partial charge in [0, 0.05) is 0 Å². The molecule has 1 aliphatic carbocycles. The average Bonchev–Trinajstić information content (AvgIpc) is 3.25. The molecule has 0 radical (unpaired) electrons. The van der Waals surface area contributed by atoms with Gasteiger partial charge in [-0.1, -0.05) is 104 Å². The number of hydrogen-bond acceptors (Lipinski definition) is 1. The van der Waals surface area contributed by atoms with E-state index in [1.165, 1.54) is 66.4 Å². The Labute approximate surface area is 258 Å². The molecule has 1 aliphatic rings. The third-order valence-corrected chi connectivity index (χ3v) is 8.10. The summed E-state index contributed by atoms with van der Waals surface area (Å²) in [6.45, 7) is 15.0. The SMILES string of the molecule is C=C/C=c1/c(-c2cccc([S-])c2)c2c(c(C)c1=C)-c1cccc3c(-c4ccc(C)c(/C=C\C)c4)ccc-2c13.[Na+]. The van der Waals surface area contributed by atoms with Gasteiger partial charge in [0.2, 0.25) is 0 Å². The third kappa shape index (κ3) is 4.35. The smallest absolute Gasteiger partial charge is 0.780 e. The van der Waals surface area contributed by atoms with Crippen molar-refractivity contribution in [1.82, 2.24) is 0 Å². The molecule has 184 valence electrons. The van der Waals surface area contributed by atoms with E-state index in [2.05, 4.69) is 113 Å². The van der Waals surface area contributed by atoms with E-state index in [1.54, 1.807) is 0 Å². The van der Waals surface area contributed by atoms with Gasteiger partial charge in [0.05, 0.1) is 0 Å². The van der Waals surface area contributed by atoms with Crippen molar-refractivity contribution >= 4 is 42.1 Å². The minimum Gasteiger partial charge on any atom is -0.780 e. The van der Waals surface area contributed by atoms with Crippen LogP contribution in [0.4, 0.5) is 0 Å². The van der Waals surface area contributed by atoms with Crippen molar-refractivity contribution < 1.29 is 29.6 Å². The van der Waals surface area contributed by atoms with Gasteiger partial charge in [-0.2, -0.15) is 4.90 Å². The molecule has 5 aromatic carbocycles. The second kappa shape index (κ2) is 10.8. The molecule has 0 unspecified atom stereocenters. The molecule has 0 spiro atoms. The summed E-state index contributed by atoms with van der Waals surface area (Å²) >= 11 is 5.59. The topological polar surface area (TPSA) is 0 Å². The maximum absolute atomic E-state index is 5.59. The second-order valence-corrected chi connectivity index (χ2v) is 10.5. The Balaban J connectivity index is 0.00000308. The first kappa shape index (κ1) is 27.4. The molecule has 0 saturated heterocycles. The first-order valence-electron chi connectivity index (χ1n) is 13.0. The molecule has 0 nitrogen and oxygen atoms in total. The molecule has 0 saturated carbocycles. The van der Waals surface area contributed by atoms with Crippen molar-refractivity contribution in [3.05, 3.63) is 119 Å². The van der Waals surface area contributed by atoms with Gasteiger partial charge in [0.25, 0.3) is 0 Å². The van der Waals surface area contributed by atoms with Gasteiger partial charge in [-0.3, -0.25) is 0 Å². The first-order chi connectivity index (χ1) is 18.4. The van der Waals surface area contributed by atoms with Crippen molar-refractivity contribution in [2.24, 2.45) is 0 Å². The van der Waals surface area contributed by atoms with E-state index in [0.717, 1.165) is 20.9 Å². The molecular weight excluding hydrogens is 499 g/mol. The normalized spacial score (nSPS) is 12.1. The monoisotopic (exact) mass is 528 g/mol. The molecular formula is C37H29NaS. The maximum Gasteiger partial charge on any atom is 1.00 e. The molecule has 0 N–H and O–H groups in total. The first-order valence-corrected chi connectivity index (χ1v) is 13.4. The molecule has 2 heteroatoms. The second-order valence-electron chi connectivity index (χ2n) is 10.0. The van der Waals surface area contributed by atoms with Crippen LogP contribution in [0.3, 0.4) is 0 Å². The standard InChI is InChI=1S/C37H30S.Na/c1-6-10-25-20-26(17-16-22(25)3)30-18-19-33-36-31(30)14-9-15-32(36)34-24(5)23(4)29(11-7-2)35(37(33)34)27-12-8-13-28(38)21-27;/h6-21,38H,2,4H2,1,3,5H3;/q;+1/p-1/b10-6-,29-11+;. The molecule has 0 amide bonds. The van der Waals surface area contributed by atoms with Gasteiger partial charge in [-0.05, 0) is 109 Å². The Kier molecular flexibility index (Phi) is 7.55. The van der Waals surface area contributed by atoms with E-state index in [0.29, 0.717) is 0 Å². The van der Waals surface area contributed by atoms with E-state index < -0.39 is 0 Å².